The number of nitrogens with one attached hydrogen (secondary N) is 1. The van der Waals surface area contributed by atoms with Gasteiger partial charge in [0.2, 0.25) is 0 Å². The van der Waals surface area contributed by atoms with Gasteiger partial charge >= 0.3 is 5.97 Å². The highest BCUT2D eigenvalue weighted by molar-refractivity contribution is 7.80. The summed E-state index contributed by atoms with van der Waals surface area (Å²) in [6, 6.07) is 0. The third-order valence-electron chi connectivity index (χ3n) is 1.50. The molecule has 0 spiro atoms. The molecular weight excluding hydrogens is 190 g/mol. The lowest BCUT2D eigenvalue weighted by molar-refractivity contribution is -0.141. The van der Waals surface area contributed by atoms with Crippen LogP contribution in [-0.2, 0) is 14.3 Å². The Balaban J connectivity index is 2.23. The number of ether oxygens (including phenoxy) is 2. The Bertz CT molecular complexity index is 252. The summed E-state index contributed by atoms with van der Waals surface area (Å²) in [4.78, 5) is 11.0. The van der Waals surface area contributed by atoms with E-state index in [-0.39, 0.29) is 12.7 Å². The van der Waals surface area contributed by atoms with Crippen LogP contribution < -0.4 is 5.32 Å². The molecule has 1 rings (SSSR count). The van der Waals surface area contributed by atoms with Gasteiger partial charge in [-0.05, 0) is 19.1 Å². The van der Waals surface area contributed by atoms with E-state index in [1.165, 1.54) is 0 Å². The van der Waals surface area contributed by atoms with Crippen LogP contribution in [0.3, 0.4) is 0 Å². The first kappa shape index (κ1) is 9.98. The summed E-state index contributed by atoms with van der Waals surface area (Å²) in [5.41, 5.74) is 0.383. The van der Waals surface area contributed by atoms with E-state index in [1.807, 2.05) is 0 Å². The molecule has 1 atom stereocenters. The molecule has 5 heteroatoms. The van der Waals surface area contributed by atoms with Crippen molar-refractivity contribution in [3.8, 4) is 0 Å². The fourth-order valence-corrected chi connectivity index (χ4v) is 1.04. The van der Waals surface area contributed by atoms with Crippen LogP contribution in [0.2, 0.25) is 0 Å². The van der Waals surface area contributed by atoms with Gasteiger partial charge in [-0.1, -0.05) is 6.58 Å². The molecule has 0 amide bonds. The molecule has 1 saturated heterocycles. The molecule has 0 radical (unpaired) electrons. The third-order valence-corrected chi connectivity index (χ3v) is 1.74. The SMILES string of the molecule is C=C(C)C(=O)OCC1CNC(=S)O1. The minimum atomic E-state index is -0.401. The maximum atomic E-state index is 11.0. The lowest BCUT2D eigenvalue weighted by Crippen LogP contribution is -2.22. The molecule has 1 N–H and O–H groups in total. The zero-order valence-corrected chi connectivity index (χ0v) is 8.15. The fourth-order valence-electron chi connectivity index (χ4n) is 0.817. The average Bonchev–Trinajstić information content (AvgIpc) is 2.47. The number of carbonyl (C=O) groups is 1. The van der Waals surface area contributed by atoms with Gasteiger partial charge in [-0.15, -0.1) is 0 Å². The first-order valence-corrected chi connectivity index (χ1v) is 4.27. The molecule has 1 heterocycles. The molecule has 1 aliphatic rings. The van der Waals surface area contributed by atoms with Crippen LogP contribution in [0, 0.1) is 0 Å². The predicted molar refractivity (Wildman–Crippen MR) is 51.2 cm³/mol. The first-order valence-electron chi connectivity index (χ1n) is 3.86. The van der Waals surface area contributed by atoms with Crippen LogP contribution >= 0.6 is 12.2 Å². The van der Waals surface area contributed by atoms with Gasteiger partial charge < -0.3 is 14.8 Å². The van der Waals surface area contributed by atoms with Crippen molar-refractivity contribution in [2.24, 2.45) is 0 Å². The lowest BCUT2D eigenvalue weighted by atomic mass is 10.3. The predicted octanol–water partition coefficient (Wildman–Crippen LogP) is 0.379. The van der Waals surface area contributed by atoms with E-state index in [9.17, 15) is 4.79 Å². The van der Waals surface area contributed by atoms with E-state index in [1.54, 1.807) is 6.92 Å². The zero-order chi connectivity index (χ0) is 9.84. The first-order chi connectivity index (χ1) is 6.09. The van der Waals surface area contributed by atoms with Gasteiger partial charge in [0.05, 0.1) is 6.54 Å². The van der Waals surface area contributed by atoms with Gasteiger partial charge in [-0.3, -0.25) is 0 Å². The van der Waals surface area contributed by atoms with Crippen molar-refractivity contribution in [3.05, 3.63) is 12.2 Å². The van der Waals surface area contributed by atoms with Crippen molar-refractivity contribution < 1.29 is 14.3 Å². The smallest absolute Gasteiger partial charge is 0.333 e. The van der Waals surface area contributed by atoms with Crippen molar-refractivity contribution in [3.63, 3.8) is 0 Å². The minimum absolute atomic E-state index is 0.171. The molecule has 1 fully saturated rings. The Hall–Kier alpha value is -1.10. The summed E-state index contributed by atoms with van der Waals surface area (Å²) in [6.07, 6.45) is -0.171. The van der Waals surface area contributed by atoms with Crippen molar-refractivity contribution in [1.29, 1.82) is 0 Å². The van der Waals surface area contributed by atoms with Crippen molar-refractivity contribution in [2.75, 3.05) is 13.2 Å². The molecule has 0 bridgehead atoms. The number of hydrogen-bond donors (Lipinski definition) is 1. The quantitative estimate of drug-likeness (QED) is 0.406. The van der Waals surface area contributed by atoms with Crippen LogP contribution in [-0.4, -0.2) is 30.4 Å². The van der Waals surface area contributed by atoms with E-state index in [0.29, 0.717) is 17.3 Å². The Kier molecular flexibility index (Phi) is 3.25. The van der Waals surface area contributed by atoms with Gasteiger partial charge in [-0.2, -0.15) is 0 Å². The molecular formula is C8H11NO3S. The third kappa shape index (κ3) is 3.02. The molecule has 1 aliphatic heterocycles. The Morgan fingerprint density at radius 3 is 3.08 bits per heavy atom. The second-order valence-corrected chi connectivity index (χ2v) is 3.16. The van der Waals surface area contributed by atoms with E-state index >= 15 is 0 Å². The van der Waals surface area contributed by atoms with E-state index in [4.69, 9.17) is 21.7 Å². The molecule has 0 aromatic carbocycles. The monoisotopic (exact) mass is 201 g/mol. The van der Waals surface area contributed by atoms with Crippen molar-refractivity contribution in [2.45, 2.75) is 13.0 Å². The second kappa shape index (κ2) is 4.23. The number of hydrogen-bond acceptors (Lipinski definition) is 4. The largest absolute Gasteiger partial charge is 0.462 e. The van der Waals surface area contributed by atoms with Gasteiger partial charge in [-0.25, -0.2) is 4.79 Å². The molecule has 0 saturated carbocycles. The normalized spacial score (nSPS) is 20.4. The van der Waals surface area contributed by atoms with E-state index in [0.717, 1.165) is 0 Å². The van der Waals surface area contributed by atoms with Gasteiger partial charge in [0.15, 0.2) is 6.10 Å². The Morgan fingerprint density at radius 2 is 2.62 bits per heavy atom. The summed E-state index contributed by atoms with van der Waals surface area (Å²) in [6.45, 7) is 5.85. The molecule has 4 nitrogen and oxygen atoms in total. The summed E-state index contributed by atoms with van der Waals surface area (Å²) in [7, 11) is 0. The second-order valence-electron chi connectivity index (χ2n) is 2.79. The highest BCUT2D eigenvalue weighted by Crippen LogP contribution is 2.02. The van der Waals surface area contributed by atoms with Gasteiger partial charge in [0.25, 0.3) is 5.17 Å². The fraction of sp³-hybridized carbons (Fsp3) is 0.500. The Labute approximate surface area is 81.9 Å². The lowest BCUT2D eigenvalue weighted by Gasteiger charge is -2.08. The standard InChI is InChI=1S/C8H11NO3S/c1-5(2)7(10)11-4-6-3-9-8(13)12-6/h6H,1,3-4H2,2H3,(H,9,13). The summed E-state index contributed by atoms with van der Waals surface area (Å²) in [5, 5.41) is 3.18. The summed E-state index contributed by atoms with van der Waals surface area (Å²) in [5.74, 6) is -0.401. The van der Waals surface area contributed by atoms with E-state index in [2.05, 4.69) is 11.9 Å². The molecule has 0 aromatic heterocycles. The number of esters is 1. The highest BCUT2D eigenvalue weighted by atomic mass is 32.1. The topological polar surface area (TPSA) is 47.6 Å². The zero-order valence-electron chi connectivity index (χ0n) is 7.33. The van der Waals surface area contributed by atoms with Crippen LogP contribution in [0.4, 0.5) is 0 Å². The molecule has 0 aliphatic carbocycles. The number of thiocarbonyl (C=S) groups is 1. The van der Waals surface area contributed by atoms with Crippen LogP contribution in [0.25, 0.3) is 0 Å². The van der Waals surface area contributed by atoms with E-state index < -0.39 is 5.97 Å². The van der Waals surface area contributed by atoms with Gasteiger partial charge in [0.1, 0.15) is 6.61 Å². The summed E-state index contributed by atoms with van der Waals surface area (Å²) < 4.78 is 9.98. The number of rotatable bonds is 3. The van der Waals surface area contributed by atoms with Crippen LogP contribution in [0.5, 0.6) is 0 Å². The Morgan fingerprint density at radius 1 is 1.92 bits per heavy atom. The molecule has 0 aromatic rings. The highest BCUT2D eigenvalue weighted by Gasteiger charge is 2.21. The van der Waals surface area contributed by atoms with Crippen molar-refractivity contribution in [1.82, 2.24) is 5.32 Å². The summed E-state index contributed by atoms with van der Waals surface area (Å²) >= 11 is 4.74. The van der Waals surface area contributed by atoms with Crippen molar-refractivity contribution >= 4 is 23.4 Å². The average molecular weight is 201 g/mol. The maximum absolute atomic E-state index is 11.0. The van der Waals surface area contributed by atoms with Crippen LogP contribution in [0.15, 0.2) is 12.2 Å². The molecule has 13 heavy (non-hydrogen) atoms. The maximum Gasteiger partial charge on any atom is 0.333 e. The minimum Gasteiger partial charge on any atom is -0.462 e. The number of carbonyl (C=O) groups excluding carboxylic acids is 1. The molecule has 72 valence electrons. The molecule has 1 unspecified atom stereocenters. The van der Waals surface area contributed by atoms with Crippen LogP contribution in [0.1, 0.15) is 6.92 Å². The van der Waals surface area contributed by atoms with Gasteiger partial charge in [0, 0.05) is 5.57 Å².